The van der Waals surface area contributed by atoms with Gasteiger partial charge in [0.05, 0.1) is 19.1 Å². The summed E-state index contributed by atoms with van der Waals surface area (Å²) in [4.78, 5) is 28.1. The fourth-order valence-electron chi connectivity index (χ4n) is 4.20. The molecule has 0 aliphatic heterocycles. The van der Waals surface area contributed by atoms with Crippen LogP contribution in [-0.2, 0) is 26.2 Å². The predicted molar refractivity (Wildman–Crippen MR) is 142 cm³/mol. The molecule has 0 saturated carbocycles. The van der Waals surface area contributed by atoms with Crippen molar-refractivity contribution in [1.29, 1.82) is 0 Å². The average Bonchev–Trinajstić information content (AvgIpc) is 2.86. The van der Waals surface area contributed by atoms with E-state index in [-0.39, 0.29) is 12.5 Å². The van der Waals surface area contributed by atoms with Gasteiger partial charge in [-0.15, -0.1) is 0 Å². The van der Waals surface area contributed by atoms with Crippen molar-refractivity contribution >= 4 is 38.3 Å². The van der Waals surface area contributed by atoms with E-state index < -0.39 is 28.5 Å². The zero-order valence-electron chi connectivity index (χ0n) is 21.1. The van der Waals surface area contributed by atoms with Crippen molar-refractivity contribution in [2.24, 2.45) is 0 Å². The lowest BCUT2D eigenvalue weighted by Crippen LogP contribution is -2.52. The molecule has 9 heteroatoms. The molecular formula is C27H33N3O5S. The molecule has 0 aliphatic carbocycles. The molecule has 0 spiro atoms. The van der Waals surface area contributed by atoms with Gasteiger partial charge in [-0.2, -0.15) is 0 Å². The van der Waals surface area contributed by atoms with Crippen LogP contribution in [0.4, 0.5) is 5.69 Å². The highest BCUT2D eigenvalue weighted by Gasteiger charge is 2.32. The van der Waals surface area contributed by atoms with Crippen LogP contribution in [0.2, 0.25) is 0 Å². The summed E-state index contributed by atoms with van der Waals surface area (Å²) < 4.78 is 32.2. The molecule has 3 aromatic rings. The highest BCUT2D eigenvalue weighted by atomic mass is 32.2. The second kappa shape index (κ2) is 11.9. The minimum Gasteiger partial charge on any atom is -0.497 e. The van der Waals surface area contributed by atoms with E-state index in [0.717, 1.165) is 21.5 Å². The highest BCUT2D eigenvalue weighted by Crippen LogP contribution is 2.29. The minimum absolute atomic E-state index is 0.124. The number of carbonyl (C=O) groups excluding carboxylic acids is 2. The number of benzene rings is 3. The van der Waals surface area contributed by atoms with E-state index in [9.17, 15) is 18.0 Å². The van der Waals surface area contributed by atoms with E-state index in [1.807, 2.05) is 56.3 Å². The summed E-state index contributed by atoms with van der Waals surface area (Å²) >= 11 is 0. The third-order valence-corrected chi connectivity index (χ3v) is 7.06. The average molecular weight is 512 g/mol. The van der Waals surface area contributed by atoms with Gasteiger partial charge in [0.15, 0.2) is 0 Å². The first-order chi connectivity index (χ1) is 17.2. The number of nitrogens with one attached hydrogen (secondary N) is 1. The number of ether oxygens (including phenoxy) is 1. The van der Waals surface area contributed by atoms with E-state index >= 15 is 0 Å². The van der Waals surface area contributed by atoms with E-state index in [1.54, 1.807) is 31.4 Å². The lowest BCUT2D eigenvalue weighted by Gasteiger charge is -2.33. The standard InChI is InChI=1S/C27H33N3O5S/c1-5-24(27(32)28-6-2)29(18-20-11-9-14-22(17-20)35-3)26(31)19-30(36(4,33)34)25-16-10-13-21-12-7-8-15-23(21)25/h7-17,24H,5-6,18-19H2,1-4H3,(H,28,32)/t24-/m0/s1. The highest BCUT2D eigenvalue weighted by molar-refractivity contribution is 7.92. The van der Waals surface area contributed by atoms with Crippen LogP contribution in [0.25, 0.3) is 10.8 Å². The number of nitrogens with zero attached hydrogens (tertiary/aromatic N) is 2. The maximum absolute atomic E-state index is 13.8. The monoisotopic (exact) mass is 511 g/mol. The summed E-state index contributed by atoms with van der Waals surface area (Å²) in [6, 6.07) is 19.2. The van der Waals surface area contributed by atoms with E-state index in [1.165, 1.54) is 4.90 Å². The predicted octanol–water partition coefficient (Wildman–Crippen LogP) is 3.56. The number of hydrogen-bond donors (Lipinski definition) is 1. The van der Waals surface area contributed by atoms with Crippen LogP contribution >= 0.6 is 0 Å². The lowest BCUT2D eigenvalue weighted by atomic mass is 10.1. The number of sulfonamides is 1. The zero-order chi connectivity index (χ0) is 26.3. The van der Waals surface area contributed by atoms with Gasteiger partial charge in [-0.25, -0.2) is 8.42 Å². The molecule has 8 nitrogen and oxygen atoms in total. The van der Waals surface area contributed by atoms with Gasteiger partial charge in [-0.1, -0.05) is 55.5 Å². The van der Waals surface area contributed by atoms with Gasteiger partial charge in [0, 0.05) is 18.5 Å². The van der Waals surface area contributed by atoms with Crippen molar-refractivity contribution in [3.8, 4) is 5.75 Å². The largest absolute Gasteiger partial charge is 0.497 e. The number of rotatable bonds is 11. The summed E-state index contributed by atoms with van der Waals surface area (Å²) in [6.07, 6.45) is 1.45. The van der Waals surface area contributed by atoms with Gasteiger partial charge in [0.25, 0.3) is 0 Å². The van der Waals surface area contributed by atoms with E-state index in [2.05, 4.69) is 5.32 Å². The number of carbonyl (C=O) groups is 2. The molecule has 0 unspecified atom stereocenters. The number of anilines is 1. The Kier molecular flexibility index (Phi) is 8.93. The Balaban J connectivity index is 2.03. The summed E-state index contributed by atoms with van der Waals surface area (Å²) in [5.41, 5.74) is 1.18. The number of methoxy groups -OCH3 is 1. The van der Waals surface area contributed by atoms with Gasteiger partial charge >= 0.3 is 0 Å². The van der Waals surface area contributed by atoms with Crippen LogP contribution in [0.3, 0.4) is 0 Å². The molecule has 1 atom stereocenters. The first-order valence-electron chi connectivity index (χ1n) is 11.8. The summed E-state index contributed by atoms with van der Waals surface area (Å²) in [6.45, 7) is 3.74. The molecule has 192 valence electrons. The Morgan fingerprint density at radius 3 is 2.36 bits per heavy atom. The SMILES string of the molecule is CCNC(=O)[C@H](CC)N(Cc1cccc(OC)c1)C(=O)CN(c1cccc2ccccc12)S(C)(=O)=O. The first-order valence-corrected chi connectivity index (χ1v) is 13.7. The molecule has 0 saturated heterocycles. The van der Waals surface area contributed by atoms with Crippen molar-refractivity contribution in [1.82, 2.24) is 10.2 Å². The molecule has 0 fully saturated rings. The van der Waals surface area contributed by atoms with Crippen molar-refractivity contribution in [3.05, 3.63) is 72.3 Å². The lowest BCUT2D eigenvalue weighted by molar-refractivity contribution is -0.140. The smallest absolute Gasteiger partial charge is 0.244 e. The van der Waals surface area contributed by atoms with Crippen LogP contribution in [0.15, 0.2) is 66.7 Å². The molecule has 36 heavy (non-hydrogen) atoms. The Labute approximate surface area is 212 Å². The number of hydrogen-bond acceptors (Lipinski definition) is 5. The van der Waals surface area contributed by atoms with Gasteiger partial charge < -0.3 is 15.0 Å². The van der Waals surface area contributed by atoms with Crippen LogP contribution in [-0.4, -0.2) is 57.6 Å². The second-order valence-corrected chi connectivity index (χ2v) is 10.4. The summed E-state index contributed by atoms with van der Waals surface area (Å²) in [5.74, 6) is -0.138. The normalized spacial score (nSPS) is 12.1. The molecule has 3 aromatic carbocycles. The van der Waals surface area contributed by atoms with Crippen LogP contribution in [0.5, 0.6) is 5.75 Å². The van der Waals surface area contributed by atoms with Crippen LogP contribution in [0, 0.1) is 0 Å². The topological polar surface area (TPSA) is 96.0 Å². The Morgan fingerprint density at radius 2 is 1.69 bits per heavy atom. The molecule has 0 heterocycles. The van der Waals surface area contributed by atoms with Gasteiger partial charge in [0.2, 0.25) is 21.8 Å². The van der Waals surface area contributed by atoms with Gasteiger partial charge in [-0.05, 0) is 42.5 Å². The molecule has 3 rings (SSSR count). The summed E-state index contributed by atoms with van der Waals surface area (Å²) in [5, 5.41) is 4.37. The quantitative estimate of drug-likeness (QED) is 0.425. The fraction of sp³-hybridized carbons (Fsp3) is 0.333. The van der Waals surface area contributed by atoms with E-state index in [4.69, 9.17) is 4.74 Å². The molecule has 0 aliphatic rings. The second-order valence-electron chi connectivity index (χ2n) is 8.46. The fourth-order valence-corrected chi connectivity index (χ4v) is 5.06. The Bertz CT molecular complexity index is 1320. The Hall–Kier alpha value is -3.59. The van der Waals surface area contributed by atoms with Crippen molar-refractivity contribution in [2.75, 3.05) is 30.8 Å². The van der Waals surface area contributed by atoms with Crippen LogP contribution in [0.1, 0.15) is 25.8 Å². The third kappa shape index (κ3) is 6.34. The molecule has 2 amide bonds. The zero-order valence-corrected chi connectivity index (χ0v) is 21.9. The molecular weight excluding hydrogens is 478 g/mol. The van der Waals surface area contributed by atoms with Crippen molar-refractivity contribution in [2.45, 2.75) is 32.9 Å². The minimum atomic E-state index is -3.82. The van der Waals surface area contributed by atoms with Crippen molar-refractivity contribution < 1.29 is 22.7 Å². The maximum atomic E-state index is 13.8. The number of fused-ring (bicyclic) bond motifs is 1. The molecule has 0 aromatic heterocycles. The van der Waals surface area contributed by atoms with Gasteiger partial charge in [0.1, 0.15) is 18.3 Å². The van der Waals surface area contributed by atoms with Crippen LogP contribution < -0.4 is 14.4 Å². The maximum Gasteiger partial charge on any atom is 0.244 e. The first kappa shape index (κ1) is 27.0. The Morgan fingerprint density at radius 1 is 1.00 bits per heavy atom. The number of amides is 2. The molecule has 0 radical (unpaired) electrons. The van der Waals surface area contributed by atoms with Crippen molar-refractivity contribution in [3.63, 3.8) is 0 Å². The molecule has 1 N–H and O–H groups in total. The third-order valence-electron chi connectivity index (χ3n) is 5.94. The summed E-state index contributed by atoms with van der Waals surface area (Å²) in [7, 11) is -2.26. The van der Waals surface area contributed by atoms with E-state index in [0.29, 0.717) is 29.8 Å². The van der Waals surface area contributed by atoms with Gasteiger partial charge in [-0.3, -0.25) is 13.9 Å². The number of likely N-dealkylation sites (N-methyl/N-ethyl adjacent to an activating group) is 1. The molecule has 0 bridgehead atoms.